The van der Waals surface area contributed by atoms with Crippen LogP contribution in [0.15, 0.2) is 71.9 Å². The number of aliphatic carboxylic acids is 1. The third kappa shape index (κ3) is 8.63. The Balaban J connectivity index is 1.07. The molecule has 8 nitrogen and oxygen atoms in total. The summed E-state index contributed by atoms with van der Waals surface area (Å²) >= 11 is 1.42. The van der Waals surface area contributed by atoms with E-state index < -0.39 is 17.9 Å². The maximum Gasteiger partial charge on any atom is 0.310 e. The normalized spacial score (nSPS) is 21.6. The summed E-state index contributed by atoms with van der Waals surface area (Å²) in [5.41, 5.74) is 5.79. The van der Waals surface area contributed by atoms with Crippen LogP contribution < -0.4 is 10.6 Å². The van der Waals surface area contributed by atoms with Crippen LogP contribution in [-0.4, -0.2) is 53.1 Å². The lowest BCUT2D eigenvalue weighted by atomic mass is 9.68. The van der Waals surface area contributed by atoms with Gasteiger partial charge >= 0.3 is 5.97 Å². The Morgan fingerprint density at radius 2 is 1.55 bits per heavy atom. The van der Waals surface area contributed by atoms with Gasteiger partial charge in [-0.3, -0.25) is 19.4 Å². The number of carbonyl (C=O) groups excluding carboxylic acids is 2. The highest BCUT2D eigenvalue weighted by Gasteiger charge is 2.39. The molecule has 9 heteroatoms. The van der Waals surface area contributed by atoms with Gasteiger partial charge in [0.2, 0.25) is 5.91 Å². The Morgan fingerprint density at radius 3 is 2.10 bits per heavy atom. The van der Waals surface area contributed by atoms with Crippen LogP contribution in [0.5, 0.6) is 0 Å². The zero-order valence-electron chi connectivity index (χ0n) is 30.7. The maximum absolute atomic E-state index is 13.5. The second-order valence-corrected chi connectivity index (χ2v) is 17.7. The summed E-state index contributed by atoms with van der Waals surface area (Å²) in [5, 5.41) is 15.7. The Labute approximate surface area is 306 Å². The van der Waals surface area contributed by atoms with Crippen molar-refractivity contribution in [2.45, 2.75) is 97.2 Å². The second kappa shape index (κ2) is 14.8. The van der Waals surface area contributed by atoms with Gasteiger partial charge in [-0.15, -0.1) is 11.3 Å². The van der Waals surface area contributed by atoms with Crippen LogP contribution in [0.3, 0.4) is 0 Å². The highest BCUT2D eigenvalue weighted by atomic mass is 32.1. The average Bonchev–Trinajstić information content (AvgIpc) is 3.59. The second-order valence-electron chi connectivity index (χ2n) is 16.6. The number of nitrogens with one attached hydrogen (secondary N) is 2. The first kappa shape index (κ1) is 36.5. The molecule has 2 amide bonds. The fourth-order valence-corrected chi connectivity index (χ4v) is 8.35. The van der Waals surface area contributed by atoms with Crippen molar-refractivity contribution in [2.24, 2.45) is 22.2 Å². The summed E-state index contributed by atoms with van der Waals surface area (Å²) in [7, 11) is 0. The number of thiophene rings is 1. The van der Waals surface area contributed by atoms with Gasteiger partial charge in [0.25, 0.3) is 5.91 Å². The van der Waals surface area contributed by atoms with Gasteiger partial charge in [-0.25, -0.2) is 0 Å². The molecular weight excluding hydrogens is 657 g/mol. The zero-order valence-corrected chi connectivity index (χ0v) is 31.6. The highest BCUT2D eigenvalue weighted by molar-refractivity contribution is 7.14. The molecule has 1 unspecified atom stereocenters. The van der Waals surface area contributed by atoms with Crippen molar-refractivity contribution in [3.05, 3.63) is 98.9 Å². The molecule has 3 aliphatic rings. The van der Waals surface area contributed by atoms with Crippen LogP contribution >= 0.6 is 11.3 Å². The van der Waals surface area contributed by atoms with E-state index in [9.17, 15) is 19.5 Å². The molecule has 6 rings (SSSR count). The number of carboxylic acid groups (broad SMARTS) is 1. The molecule has 2 aromatic carbocycles. The minimum atomic E-state index is -0.911. The molecule has 0 spiro atoms. The summed E-state index contributed by atoms with van der Waals surface area (Å²) in [6.07, 6.45) is 9.13. The lowest BCUT2D eigenvalue weighted by Gasteiger charge is -2.38. The molecule has 3 N–H and O–H groups in total. The molecule has 1 saturated carbocycles. The predicted molar refractivity (Wildman–Crippen MR) is 205 cm³/mol. The lowest BCUT2D eigenvalue weighted by Crippen LogP contribution is -2.59. The van der Waals surface area contributed by atoms with Gasteiger partial charge in [-0.2, -0.15) is 0 Å². The summed E-state index contributed by atoms with van der Waals surface area (Å²) in [5.74, 6) is -0.602. The molecule has 270 valence electrons. The van der Waals surface area contributed by atoms with Crippen LogP contribution in [0.2, 0.25) is 0 Å². The standard InChI is InChI=1S/C42H52N4O4S/c1-41(2,3)33-17-15-28(16-18-33)27-11-13-29(14-12-27)31-22-43-37(44-23-31)30-9-7-26(8-10-30)21-34(39(48)46-24-32(25-46)40(49)50)45-38(47)35-19-20-36(51-35)42(4,5)6/h7-14,19-20,22-23,28,32-34,37,43H,15-18,21,24-25H2,1-6H3,(H,45,47)(H,49,50)/t28?,33?,34-,37?/m0/s1. The van der Waals surface area contributed by atoms with Crippen molar-refractivity contribution >= 4 is 40.9 Å². The van der Waals surface area contributed by atoms with E-state index in [1.807, 2.05) is 42.7 Å². The first-order valence-electron chi connectivity index (χ1n) is 18.3. The number of carbonyl (C=O) groups is 3. The first-order chi connectivity index (χ1) is 24.2. The zero-order chi connectivity index (χ0) is 36.5. The number of likely N-dealkylation sites (tertiary alicyclic amines) is 1. The third-order valence-electron chi connectivity index (χ3n) is 10.9. The lowest BCUT2D eigenvalue weighted by molar-refractivity contribution is -0.153. The van der Waals surface area contributed by atoms with Crippen LogP contribution in [0.4, 0.5) is 0 Å². The average molecular weight is 709 g/mol. The van der Waals surface area contributed by atoms with E-state index in [1.165, 1.54) is 47.5 Å². The summed E-state index contributed by atoms with van der Waals surface area (Å²) in [6.45, 7) is 13.7. The van der Waals surface area contributed by atoms with Gasteiger partial charge in [0, 0.05) is 42.4 Å². The molecule has 3 heterocycles. The smallest absolute Gasteiger partial charge is 0.310 e. The molecule has 51 heavy (non-hydrogen) atoms. The number of allylic oxidation sites excluding steroid dienone is 1. The van der Waals surface area contributed by atoms with Crippen molar-refractivity contribution < 1.29 is 19.5 Å². The van der Waals surface area contributed by atoms with Crippen LogP contribution in [-0.2, 0) is 21.4 Å². The Morgan fingerprint density at radius 1 is 0.902 bits per heavy atom. The number of hydrogen-bond acceptors (Lipinski definition) is 6. The van der Waals surface area contributed by atoms with Gasteiger partial charge in [0.15, 0.2) is 0 Å². The number of benzene rings is 2. The fourth-order valence-electron chi connectivity index (χ4n) is 7.38. The number of amides is 2. The van der Waals surface area contributed by atoms with Crippen LogP contribution in [0, 0.1) is 17.3 Å². The monoisotopic (exact) mass is 708 g/mol. The Hall–Kier alpha value is -4.24. The number of nitrogens with zero attached hydrogens (tertiary/aromatic N) is 2. The van der Waals surface area contributed by atoms with Gasteiger partial charge in [0.1, 0.15) is 12.2 Å². The molecule has 2 fully saturated rings. The number of carboxylic acids is 1. The molecule has 3 aromatic rings. The molecule has 0 bridgehead atoms. The number of rotatable bonds is 9. The van der Waals surface area contributed by atoms with E-state index in [0.29, 0.717) is 16.2 Å². The van der Waals surface area contributed by atoms with Crippen LogP contribution in [0.25, 0.3) is 5.57 Å². The molecule has 1 aliphatic carbocycles. The van der Waals surface area contributed by atoms with Crippen molar-refractivity contribution in [1.82, 2.24) is 15.5 Å². The van der Waals surface area contributed by atoms with Crippen LogP contribution in [0.1, 0.15) is 116 Å². The topological polar surface area (TPSA) is 111 Å². The van der Waals surface area contributed by atoms with E-state index in [4.69, 9.17) is 4.99 Å². The van der Waals surface area contributed by atoms with E-state index >= 15 is 0 Å². The van der Waals surface area contributed by atoms with E-state index in [1.54, 1.807) is 6.07 Å². The largest absolute Gasteiger partial charge is 0.481 e. The van der Waals surface area contributed by atoms with Crippen molar-refractivity contribution in [1.29, 1.82) is 0 Å². The Kier molecular flexibility index (Phi) is 10.6. The quantitative estimate of drug-likeness (QED) is 0.209. The first-order valence-corrected chi connectivity index (χ1v) is 19.1. The molecule has 2 atom stereocenters. The van der Waals surface area contributed by atoms with E-state index in [0.717, 1.165) is 33.1 Å². The molecule has 0 radical (unpaired) electrons. The fraction of sp³-hybridized carbons (Fsp3) is 0.476. The number of hydrogen-bond donors (Lipinski definition) is 3. The molecular formula is C42H52N4O4S. The van der Waals surface area contributed by atoms with Crippen molar-refractivity contribution in [2.75, 3.05) is 13.1 Å². The molecule has 1 saturated heterocycles. The summed E-state index contributed by atoms with van der Waals surface area (Å²) < 4.78 is 0. The number of aliphatic imine (C=N–C) groups is 1. The van der Waals surface area contributed by atoms with Gasteiger partial charge in [-0.05, 0) is 82.7 Å². The Bertz CT molecular complexity index is 1780. The third-order valence-corrected chi connectivity index (χ3v) is 12.4. The van der Waals surface area contributed by atoms with Gasteiger partial charge in [0.05, 0.1) is 10.8 Å². The molecule has 2 aliphatic heterocycles. The maximum atomic E-state index is 13.5. The van der Waals surface area contributed by atoms with Crippen molar-refractivity contribution in [3.8, 4) is 0 Å². The molecule has 1 aromatic heterocycles. The minimum Gasteiger partial charge on any atom is -0.481 e. The summed E-state index contributed by atoms with van der Waals surface area (Å²) in [4.78, 5) is 46.2. The van der Waals surface area contributed by atoms with Gasteiger partial charge in [-0.1, -0.05) is 90.1 Å². The SMILES string of the molecule is CC(C)(C)c1ccc(C(=O)N[C@@H](Cc2ccc(C3N=CC(c4ccc(C5CCC(C(C)(C)C)CC5)cc4)=CN3)cc2)C(=O)N2CC(C(=O)O)C2)s1. The minimum absolute atomic E-state index is 0.0884. The highest BCUT2D eigenvalue weighted by Crippen LogP contribution is 2.43. The van der Waals surface area contributed by atoms with Crippen molar-refractivity contribution in [3.63, 3.8) is 0 Å². The summed E-state index contributed by atoms with van der Waals surface area (Å²) in [6, 6.07) is 19.8. The predicted octanol–water partition coefficient (Wildman–Crippen LogP) is 7.96. The van der Waals surface area contributed by atoms with E-state index in [2.05, 4.69) is 76.4 Å². The van der Waals surface area contributed by atoms with Gasteiger partial charge < -0.3 is 20.6 Å². The van der Waals surface area contributed by atoms with E-state index in [-0.39, 0.29) is 42.9 Å².